The first kappa shape index (κ1) is 95.4. The van der Waals surface area contributed by atoms with Crippen molar-refractivity contribution in [3.8, 4) is 0 Å². The zero-order chi connectivity index (χ0) is 79.5. The van der Waals surface area contributed by atoms with Gasteiger partial charge >= 0.3 is 0 Å². The van der Waals surface area contributed by atoms with Crippen LogP contribution < -0.4 is 75.3 Å². The van der Waals surface area contributed by atoms with Gasteiger partial charge in [0.05, 0.1) is 38.5 Å². The molecular formula is C72H131N15O18. The Bertz CT molecular complexity index is 2740. The van der Waals surface area contributed by atoms with Gasteiger partial charge < -0.3 is 101 Å². The van der Waals surface area contributed by atoms with E-state index in [1.54, 1.807) is 27.7 Å². The molecule has 1 heterocycles. The fourth-order valence-electron chi connectivity index (χ4n) is 11.9. The van der Waals surface area contributed by atoms with Crippen LogP contribution in [0.1, 0.15) is 231 Å². The van der Waals surface area contributed by atoms with Crippen LogP contribution in [0, 0.1) is 23.7 Å². The number of rotatable bonds is 55. The SMILES string of the molecule is CCCCCCCCCCCCCCCC(=O)NC(CC(C)C)C(=O)NC(CC(C)C)C(=O)NC(C(=O)NC(CCCCN)C(=O)NC(CC(C)C)C(=O)NCC(=O)NC(CO)C(=O)NC(C(=O)NCC(=O)N1CCCC1C(=O)NC(C)C(=O)NC(CO)C(=O)NC(CC(C)C)C(N)=O)C(C)O)C(C)O. The topological polar surface area (TPSA) is 520 Å². The summed E-state index contributed by atoms with van der Waals surface area (Å²) >= 11 is 0. The van der Waals surface area contributed by atoms with E-state index in [0.717, 1.165) is 37.5 Å². The molecule has 13 unspecified atom stereocenters. The van der Waals surface area contributed by atoms with Gasteiger partial charge in [-0.15, -0.1) is 0 Å². The molecule has 1 aliphatic rings. The van der Waals surface area contributed by atoms with Crippen molar-refractivity contribution in [3.05, 3.63) is 0 Å². The van der Waals surface area contributed by atoms with E-state index < -0.39 is 182 Å². The van der Waals surface area contributed by atoms with E-state index in [9.17, 15) is 87.5 Å². The molecule has 0 radical (unpaired) electrons. The lowest BCUT2D eigenvalue weighted by atomic mass is 9.99. The molecule has 0 saturated carbocycles. The second-order valence-electron chi connectivity index (χ2n) is 29.5. The van der Waals surface area contributed by atoms with Crippen LogP contribution in [-0.4, -0.2) is 226 Å². The van der Waals surface area contributed by atoms with Crippen molar-refractivity contribution < 1.29 is 87.5 Å². The molecular weight excluding hydrogens is 1360 g/mol. The van der Waals surface area contributed by atoms with Crippen molar-refractivity contribution in [2.75, 3.05) is 39.4 Å². The Morgan fingerprint density at radius 1 is 0.410 bits per heavy atom. The van der Waals surface area contributed by atoms with E-state index in [1.165, 1.54) is 65.2 Å². The van der Waals surface area contributed by atoms with E-state index in [0.29, 0.717) is 25.7 Å². The predicted octanol–water partition coefficient (Wildman–Crippen LogP) is -0.896. The van der Waals surface area contributed by atoms with E-state index >= 15 is 0 Å². The number of primary amides is 1. The Balaban J connectivity index is 3.06. The molecule has 1 fully saturated rings. The summed E-state index contributed by atoms with van der Waals surface area (Å²) in [5.74, 6) is -12.3. The lowest BCUT2D eigenvalue weighted by molar-refractivity contribution is -0.140. The number of carbonyl (C=O) groups is 14. The number of nitrogens with two attached hydrogens (primary N) is 2. The average Bonchev–Trinajstić information content (AvgIpc) is 1.67. The Labute approximate surface area is 620 Å². The van der Waals surface area contributed by atoms with Crippen molar-refractivity contribution in [3.63, 3.8) is 0 Å². The van der Waals surface area contributed by atoms with Gasteiger partial charge in [0.1, 0.15) is 66.5 Å². The standard InChI is InChI=1S/C72H131N15O18/c1-13-14-15-16-17-18-19-20-21-22-23-24-25-31-57(92)78-52(36-44(6)7)66(99)83-53(37-45(8)9)67(100)86-61(48(12)91)72(105)80-49(29-26-27-32-73)65(98)82-51(35-43(4)5)64(97)75-38-58(93)79-54(40-88)69(102)85-60(47(11)90)71(104)76-39-59(94)87-33-28-30-56(87)70(103)77-46(10)63(96)84-55(41-89)68(101)81-50(62(74)95)34-42(2)3/h42-56,60-61,88-91H,13-41,73H2,1-12H3,(H2,74,95)(H,75,97)(H,76,104)(H,77,103)(H,78,92)(H,79,93)(H,80,105)(H,81,101)(H,82,98)(H,83,99)(H,84,96)(H,85,102)(H,86,100). The monoisotopic (exact) mass is 1490 g/mol. The summed E-state index contributed by atoms with van der Waals surface area (Å²) in [6, 6.07) is -15.1. The summed E-state index contributed by atoms with van der Waals surface area (Å²) in [6.07, 6.45) is 13.8. The highest BCUT2D eigenvalue weighted by molar-refractivity contribution is 5.99. The number of nitrogens with one attached hydrogen (secondary N) is 12. The number of hydrogen-bond acceptors (Lipinski definition) is 19. The number of amides is 14. The fraction of sp³-hybridized carbons (Fsp3) is 0.806. The second-order valence-corrected chi connectivity index (χ2v) is 29.5. The minimum absolute atomic E-state index is 0.00155. The molecule has 33 heteroatoms. The first-order valence-electron chi connectivity index (χ1n) is 38.0. The smallest absolute Gasteiger partial charge is 0.245 e. The van der Waals surface area contributed by atoms with Crippen LogP contribution in [0.25, 0.3) is 0 Å². The van der Waals surface area contributed by atoms with Crippen LogP contribution in [0.5, 0.6) is 0 Å². The van der Waals surface area contributed by atoms with E-state index in [2.05, 4.69) is 70.7 Å². The number of unbranched alkanes of at least 4 members (excludes halogenated alkanes) is 13. The van der Waals surface area contributed by atoms with Crippen molar-refractivity contribution in [2.45, 2.75) is 309 Å². The normalized spacial score (nSPS) is 16.3. The van der Waals surface area contributed by atoms with Gasteiger partial charge in [0.15, 0.2) is 0 Å². The summed E-state index contributed by atoms with van der Waals surface area (Å²) in [4.78, 5) is 189. The molecule has 0 bridgehead atoms. The van der Waals surface area contributed by atoms with Crippen molar-refractivity contribution in [1.82, 2.24) is 68.7 Å². The molecule has 14 amide bonds. The van der Waals surface area contributed by atoms with Crippen molar-refractivity contribution in [2.24, 2.45) is 35.1 Å². The molecule has 0 aromatic heterocycles. The maximum absolute atomic E-state index is 14.2. The average molecular weight is 1490 g/mol. The molecule has 1 saturated heterocycles. The lowest BCUT2D eigenvalue weighted by Gasteiger charge is -2.29. The highest BCUT2D eigenvalue weighted by atomic mass is 16.3. The third-order valence-electron chi connectivity index (χ3n) is 17.7. The summed E-state index contributed by atoms with van der Waals surface area (Å²) in [5.41, 5.74) is 11.2. The first-order chi connectivity index (χ1) is 49.5. The highest BCUT2D eigenvalue weighted by Gasteiger charge is 2.39. The predicted molar refractivity (Wildman–Crippen MR) is 394 cm³/mol. The molecule has 105 heavy (non-hydrogen) atoms. The van der Waals surface area contributed by atoms with E-state index in [-0.39, 0.29) is 87.6 Å². The third kappa shape index (κ3) is 39.0. The summed E-state index contributed by atoms with van der Waals surface area (Å²) < 4.78 is 0. The molecule has 602 valence electrons. The van der Waals surface area contributed by atoms with Gasteiger partial charge in [-0.3, -0.25) is 67.1 Å². The molecule has 0 aliphatic carbocycles. The number of likely N-dealkylation sites (tertiary alicyclic amines) is 1. The van der Waals surface area contributed by atoms with Gasteiger partial charge in [0, 0.05) is 13.0 Å². The van der Waals surface area contributed by atoms with E-state index in [1.807, 2.05) is 27.7 Å². The van der Waals surface area contributed by atoms with E-state index in [4.69, 9.17) is 11.5 Å². The minimum Gasteiger partial charge on any atom is -0.394 e. The van der Waals surface area contributed by atoms with Crippen molar-refractivity contribution >= 4 is 82.7 Å². The first-order valence-corrected chi connectivity index (χ1v) is 38.0. The summed E-state index contributed by atoms with van der Waals surface area (Å²) in [7, 11) is 0. The molecule has 20 N–H and O–H groups in total. The lowest BCUT2D eigenvalue weighted by Crippen LogP contribution is -2.61. The molecule has 0 aromatic rings. The molecule has 0 aromatic carbocycles. The minimum atomic E-state index is -1.78. The molecule has 33 nitrogen and oxygen atoms in total. The van der Waals surface area contributed by atoms with Crippen LogP contribution in [-0.2, 0) is 67.1 Å². The van der Waals surface area contributed by atoms with Gasteiger partial charge in [-0.2, -0.15) is 0 Å². The van der Waals surface area contributed by atoms with Gasteiger partial charge in [-0.1, -0.05) is 139 Å². The van der Waals surface area contributed by atoms with Crippen molar-refractivity contribution in [1.29, 1.82) is 0 Å². The molecule has 0 spiro atoms. The summed E-state index contributed by atoms with van der Waals surface area (Å²) in [5, 5.41) is 71.3. The number of aliphatic hydroxyl groups is 4. The molecule has 1 aliphatic heterocycles. The zero-order valence-corrected chi connectivity index (χ0v) is 64.4. The van der Waals surface area contributed by atoms with Gasteiger partial charge in [-0.05, 0) is 115 Å². The molecule has 1 rings (SSSR count). The second kappa shape index (κ2) is 52.4. The highest BCUT2D eigenvalue weighted by Crippen LogP contribution is 2.19. The van der Waals surface area contributed by atoms with Gasteiger partial charge in [0.2, 0.25) is 82.7 Å². The number of nitrogens with zero attached hydrogens (tertiary/aromatic N) is 1. The Morgan fingerprint density at radius 3 is 1.29 bits per heavy atom. The molecule has 13 atom stereocenters. The summed E-state index contributed by atoms with van der Waals surface area (Å²) in [6.45, 7) is 17.2. The Kier molecular flexibility index (Phi) is 47.6. The Hall–Kier alpha value is -7.62. The van der Waals surface area contributed by atoms with Gasteiger partial charge in [0.25, 0.3) is 0 Å². The van der Waals surface area contributed by atoms with Crippen LogP contribution >= 0.6 is 0 Å². The van der Waals surface area contributed by atoms with Crippen LogP contribution in [0.4, 0.5) is 0 Å². The maximum Gasteiger partial charge on any atom is 0.245 e. The van der Waals surface area contributed by atoms with Crippen LogP contribution in [0.3, 0.4) is 0 Å². The fourth-order valence-corrected chi connectivity index (χ4v) is 11.9. The number of aliphatic hydroxyl groups excluding tert-OH is 4. The quantitative estimate of drug-likeness (QED) is 0.0328. The van der Waals surface area contributed by atoms with Crippen LogP contribution in [0.2, 0.25) is 0 Å². The zero-order valence-electron chi connectivity index (χ0n) is 64.4. The third-order valence-corrected chi connectivity index (χ3v) is 17.7. The largest absolute Gasteiger partial charge is 0.394 e. The maximum atomic E-state index is 14.2. The number of hydrogen-bond donors (Lipinski definition) is 18. The van der Waals surface area contributed by atoms with Crippen LogP contribution in [0.15, 0.2) is 0 Å². The van der Waals surface area contributed by atoms with Gasteiger partial charge in [-0.25, -0.2) is 0 Å². The Morgan fingerprint density at radius 2 is 0.800 bits per heavy atom. The number of carbonyl (C=O) groups excluding carboxylic acids is 14.